The molecule has 8 nitrogen and oxygen atoms in total. The van der Waals surface area contributed by atoms with Crippen molar-refractivity contribution in [3.8, 4) is 0 Å². The highest BCUT2D eigenvalue weighted by Gasteiger charge is 2.38. The third kappa shape index (κ3) is 5.35. The lowest BCUT2D eigenvalue weighted by molar-refractivity contribution is -0.141. The SMILES string of the molecule is CNC(=O)CSCC(=O)NCCN1C(=O)C[C@H](OC)C1=O. The second kappa shape index (κ2) is 8.63. The minimum atomic E-state index is -0.712. The van der Waals surface area contributed by atoms with Crippen LogP contribution in [-0.4, -0.2) is 73.4 Å². The molecule has 9 heteroatoms. The van der Waals surface area contributed by atoms with E-state index in [0.717, 1.165) is 4.90 Å². The molecule has 0 radical (unpaired) electrons. The zero-order valence-electron chi connectivity index (χ0n) is 12.0. The number of thioether (sulfide) groups is 1. The van der Waals surface area contributed by atoms with E-state index in [4.69, 9.17) is 4.74 Å². The van der Waals surface area contributed by atoms with E-state index in [1.165, 1.54) is 25.9 Å². The van der Waals surface area contributed by atoms with Crippen LogP contribution in [0.2, 0.25) is 0 Å². The molecule has 1 aliphatic heterocycles. The van der Waals surface area contributed by atoms with E-state index in [1.807, 2.05) is 0 Å². The molecule has 1 fully saturated rings. The molecule has 1 aliphatic rings. The Kier molecular flexibility index (Phi) is 7.17. The summed E-state index contributed by atoms with van der Waals surface area (Å²) >= 11 is 1.19. The Morgan fingerprint density at radius 1 is 1.33 bits per heavy atom. The van der Waals surface area contributed by atoms with Gasteiger partial charge in [-0.15, -0.1) is 11.8 Å². The van der Waals surface area contributed by atoms with Gasteiger partial charge in [0, 0.05) is 27.2 Å². The Morgan fingerprint density at radius 3 is 2.57 bits per heavy atom. The van der Waals surface area contributed by atoms with Crippen LogP contribution in [0.15, 0.2) is 0 Å². The fourth-order valence-corrected chi connectivity index (χ4v) is 2.46. The summed E-state index contributed by atoms with van der Waals surface area (Å²) in [5.41, 5.74) is 0. The van der Waals surface area contributed by atoms with Crippen molar-refractivity contribution in [2.45, 2.75) is 12.5 Å². The van der Waals surface area contributed by atoms with Gasteiger partial charge in [-0.05, 0) is 0 Å². The molecule has 1 rings (SSSR count). The molecule has 21 heavy (non-hydrogen) atoms. The normalized spacial score (nSPS) is 18.0. The number of carbonyl (C=O) groups excluding carboxylic acids is 4. The number of rotatable bonds is 8. The van der Waals surface area contributed by atoms with E-state index in [1.54, 1.807) is 0 Å². The second-order valence-corrected chi connectivity index (χ2v) is 5.31. The van der Waals surface area contributed by atoms with E-state index < -0.39 is 6.10 Å². The average Bonchev–Trinajstić information content (AvgIpc) is 2.74. The molecule has 0 aromatic rings. The summed E-state index contributed by atoms with van der Waals surface area (Å²) in [6.45, 7) is 0.316. The van der Waals surface area contributed by atoms with Crippen LogP contribution < -0.4 is 10.6 Å². The van der Waals surface area contributed by atoms with Crippen molar-refractivity contribution in [1.29, 1.82) is 0 Å². The molecule has 0 unspecified atom stereocenters. The van der Waals surface area contributed by atoms with E-state index >= 15 is 0 Å². The standard InChI is InChI=1S/C12H19N3O5S/c1-13-9(16)6-21-7-10(17)14-3-4-15-11(18)5-8(20-2)12(15)19/h8H,3-7H2,1-2H3,(H,13,16)(H,14,17)/t8-/m0/s1. The predicted octanol–water partition coefficient (Wildman–Crippen LogP) is -1.64. The number of hydrogen-bond acceptors (Lipinski definition) is 6. The highest BCUT2D eigenvalue weighted by molar-refractivity contribution is 8.00. The Labute approximate surface area is 126 Å². The summed E-state index contributed by atoms with van der Waals surface area (Å²) in [5, 5.41) is 5.05. The topological polar surface area (TPSA) is 105 Å². The minimum Gasteiger partial charge on any atom is -0.371 e. The van der Waals surface area contributed by atoms with Crippen molar-refractivity contribution in [1.82, 2.24) is 15.5 Å². The summed E-state index contributed by atoms with van der Waals surface area (Å²) in [7, 11) is 2.91. The molecule has 4 amide bonds. The lowest BCUT2D eigenvalue weighted by atomic mass is 10.3. The van der Waals surface area contributed by atoms with Crippen molar-refractivity contribution in [2.24, 2.45) is 0 Å². The predicted molar refractivity (Wildman–Crippen MR) is 76.5 cm³/mol. The van der Waals surface area contributed by atoms with Crippen LogP contribution >= 0.6 is 11.8 Å². The minimum absolute atomic E-state index is 0.0469. The first-order chi connectivity index (χ1) is 9.99. The summed E-state index contributed by atoms with van der Waals surface area (Å²) in [6, 6.07) is 0. The third-order valence-corrected chi connectivity index (χ3v) is 3.82. The number of ether oxygens (including phenoxy) is 1. The number of amides is 4. The monoisotopic (exact) mass is 317 g/mol. The van der Waals surface area contributed by atoms with Crippen molar-refractivity contribution in [3.63, 3.8) is 0 Å². The molecular formula is C12H19N3O5S. The number of likely N-dealkylation sites (tertiary alicyclic amines) is 1. The number of carbonyl (C=O) groups is 4. The first-order valence-electron chi connectivity index (χ1n) is 6.41. The number of hydrogen-bond donors (Lipinski definition) is 2. The second-order valence-electron chi connectivity index (χ2n) is 4.33. The average molecular weight is 317 g/mol. The Bertz CT molecular complexity index is 429. The first kappa shape index (κ1) is 17.4. The highest BCUT2D eigenvalue weighted by Crippen LogP contribution is 2.14. The fraction of sp³-hybridized carbons (Fsp3) is 0.667. The van der Waals surface area contributed by atoms with Crippen LogP contribution in [0.25, 0.3) is 0 Å². The van der Waals surface area contributed by atoms with Gasteiger partial charge in [0.1, 0.15) is 6.10 Å². The molecule has 1 saturated heterocycles. The smallest absolute Gasteiger partial charge is 0.258 e. The zero-order chi connectivity index (χ0) is 15.8. The van der Waals surface area contributed by atoms with Crippen LogP contribution in [0.3, 0.4) is 0 Å². The Morgan fingerprint density at radius 2 is 2.00 bits per heavy atom. The van der Waals surface area contributed by atoms with Gasteiger partial charge < -0.3 is 15.4 Å². The summed E-state index contributed by atoms with van der Waals surface area (Å²) in [4.78, 5) is 46.8. The van der Waals surface area contributed by atoms with Gasteiger partial charge in [0.25, 0.3) is 5.91 Å². The fourth-order valence-electron chi connectivity index (χ4n) is 1.74. The number of methoxy groups -OCH3 is 1. The first-order valence-corrected chi connectivity index (χ1v) is 7.57. The van der Waals surface area contributed by atoms with Gasteiger partial charge in [-0.1, -0.05) is 0 Å². The van der Waals surface area contributed by atoms with Gasteiger partial charge >= 0.3 is 0 Å². The molecule has 0 aromatic carbocycles. The van der Waals surface area contributed by atoms with E-state index in [0.29, 0.717) is 0 Å². The van der Waals surface area contributed by atoms with Crippen LogP contribution in [0.5, 0.6) is 0 Å². The van der Waals surface area contributed by atoms with Gasteiger partial charge in [-0.2, -0.15) is 0 Å². The molecule has 0 saturated carbocycles. The third-order valence-electron chi connectivity index (χ3n) is 2.89. The summed E-state index contributed by atoms with van der Waals surface area (Å²) in [6.07, 6.45) is -0.665. The Balaban J connectivity index is 2.21. The van der Waals surface area contributed by atoms with Crippen LogP contribution in [0, 0.1) is 0 Å². The van der Waals surface area contributed by atoms with Gasteiger partial charge in [0.2, 0.25) is 17.7 Å². The van der Waals surface area contributed by atoms with Gasteiger partial charge in [-0.25, -0.2) is 0 Å². The number of nitrogens with zero attached hydrogens (tertiary/aromatic N) is 1. The van der Waals surface area contributed by atoms with Crippen LogP contribution in [0.1, 0.15) is 6.42 Å². The molecule has 0 aliphatic carbocycles. The maximum atomic E-state index is 11.7. The molecular weight excluding hydrogens is 298 g/mol. The van der Waals surface area contributed by atoms with Crippen molar-refractivity contribution in [3.05, 3.63) is 0 Å². The van der Waals surface area contributed by atoms with E-state index in [-0.39, 0.29) is 54.6 Å². The highest BCUT2D eigenvalue weighted by atomic mass is 32.2. The number of imide groups is 1. The summed E-state index contributed by atoms with van der Waals surface area (Å²) in [5.74, 6) is -0.697. The largest absolute Gasteiger partial charge is 0.371 e. The van der Waals surface area contributed by atoms with E-state index in [9.17, 15) is 19.2 Å². The maximum absolute atomic E-state index is 11.7. The molecule has 0 bridgehead atoms. The van der Waals surface area contributed by atoms with Crippen molar-refractivity contribution in [2.75, 3.05) is 38.8 Å². The lowest BCUT2D eigenvalue weighted by Gasteiger charge is -2.14. The van der Waals surface area contributed by atoms with Gasteiger partial charge in [0.05, 0.1) is 17.9 Å². The van der Waals surface area contributed by atoms with Gasteiger partial charge in [-0.3, -0.25) is 24.1 Å². The van der Waals surface area contributed by atoms with E-state index in [2.05, 4.69) is 10.6 Å². The molecule has 118 valence electrons. The Hall–Kier alpha value is -1.61. The van der Waals surface area contributed by atoms with Crippen molar-refractivity contribution < 1.29 is 23.9 Å². The van der Waals surface area contributed by atoms with Crippen LogP contribution in [-0.2, 0) is 23.9 Å². The maximum Gasteiger partial charge on any atom is 0.258 e. The number of nitrogens with one attached hydrogen (secondary N) is 2. The lowest BCUT2D eigenvalue weighted by Crippen LogP contribution is -2.39. The van der Waals surface area contributed by atoms with Gasteiger partial charge in [0.15, 0.2) is 0 Å². The molecule has 0 spiro atoms. The molecule has 1 atom stereocenters. The molecule has 1 heterocycles. The summed E-state index contributed by atoms with van der Waals surface area (Å²) < 4.78 is 4.90. The zero-order valence-corrected chi connectivity index (χ0v) is 12.8. The van der Waals surface area contributed by atoms with Crippen molar-refractivity contribution >= 4 is 35.4 Å². The quantitative estimate of drug-likeness (QED) is 0.520. The van der Waals surface area contributed by atoms with Crippen LogP contribution in [0.4, 0.5) is 0 Å². The molecule has 0 aromatic heterocycles. The molecule has 2 N–H and O–H groups in total.